The highest BCUT2D eigenvalue weighted by atomic mass is 35.5. The maximum Gasteiger partial charge on any atom is 0.255 e. The van der Waals surface area contributed by atoms with Gasteiger partial charge in [-0.15, -0.1) is 0 Å². The van der Waals surface area contributed by atoms with E-state index in [1.165, 1.54) is 0 Å². The third-order valence-electron chi connectivity index (χ3n) is 7.44. The van der Waals surface area contributed by atoms with Gasteiger partial charge < -0.3 is 25.2 Å². The highest BCUT2D eigenvalue weighted by molar-refractivity contribution is 6.33. The van der Waals surface area contributed by atoms with E-state index in [0.29, 0.717) is 56.2 Å². The Hall–Kier alpha value is -2.81. The molecule has 2 heterocycles. The molecule has 0 bridgehead atoms. The van der Waals surface area contributed by atoms with Crippen LogP contribution in [0.15, 0.2) is 60.8 Å². The summed E-state index contributed by atoms with van der Waals surface area (Å²) in [6, 6.07) is 17.3. The number of unbranched alkanes of at least 4 members (excludes halogenated alkanes) is 1. The molecule has 3 N–H and O–H groups in total. The van der Waals surface area contributed by atoms with Crippen molar-refractivity contribution >= 4 is 17.5 Å². The molecule has 4 rings (SSSR count). The van der Waals surface area contributed by atoms with Crippen LogP contribution in [0.1, 0.15) is 53.4 Å². The lowest BCUT2D eigenvalue weighted by atomic mass is 9.76. The molecule has 2 unspecified atom stereocenters. The Morgan fingerprint density at radius 2 is 2.00 bits per heavy atom. The van der Waals surface area contributed by atoms with E-state index in [4.69, 9.17) is 26.8 Å². The Balaban J connectivity index is 1.76. The van der Waals surface area contributed by atoms with Crippen LogP contribution in [0.5, 0.6) is 0 Å². The van der Waals surface area contributed by atoms with Gasteiger partial charge in [0.1, 0.15) is 11.7 Å². The zero-order valence-corrected chi connectivity index (χ0v) is 23.5. The van der Waals surface area contributed by atoms with E-state index in [1.807, 2.05) is 42.5 Å². The first-order valence-corrected chi connectivity index (χ1v) is 13.9. The summed E-state index contributed by atoms with van der Waals surface area (Å²) in [7, 11) is 1.68. The molecular formula is C31H38ClN3O4. The van der Waals surface area contributed by atoms with Gasteiger partial charge in [-0.2, -0.15) is 0 Å². The Bertz CT molecular complexity index is 1240. The molecule has 1 aromatic heterocycles. The third kappa shape index (κ3) is 6.51. The molecule has 2 aromatic carbocycles. The Labute approximate surface area is 235 Å². The van der Waals surface area contributed by atoms with E-state index < -0.39 is 11.7 Å². The van der Waals surface area contributed by atoms with Gasteiger partial charge in [0.2, 0.25) is 0 Å². The molecule has 1 fully saturated rings. The van der Waals surface area contributed by atoms with Crippen molar-refractivity contribution < 1.29 is 19.4 Å². The number of methoxy groups -OCH3 is 1. The van der Waals surface area contributed by atoms with E-state index >= 15 is 0 Å². The maximum absolute atomic E-state index is 13.5. The van der Waals surface area contributed by atoms with Gasteiger partial charge in [0.15, 0.2) is 0 Å². The molecule has 1 aliphatic rings. The summed E-state index contributed by atoms with van der Waals surface area (Å²) >= 11 is 6.85. The number of carbonyl (C=O) groups excluding carboxylic acids is 1. The number of aliphatic hydroxyl groups is 1. The molecule has 8 heteroatoms. The Morgan fingerprint density at radius 3 is 2.67 bits per heavy atom. The minimum Gasteiger partial charge on any atom is -0.385 e. The van der Waals surface area contributed by atoms with Crippen LogP contribution < -0.4 is 5.73 Å². The van der Waals surface area contributed by atoms with Gasteiger partial charge in [-0.25, -0.2) is 0 Å². The van der Waals surface area contributed by atoms with Crippen LogP contribution in [0.4, 0.5) is 0 Å². The van der Waals surface area contributed by atoms with Gasteiger partial charge in [-0.3, -0.25) is 9.78 Å². The van der Waals surface area contributed by atoms with Crippen molar-refractivity contribution in [1.82, 2.24) is 9.88 Å². The fourth-order valence-corrected chi connectivity index (χ4v) is 5.63. The molecular weight excluding hydrogens is 514 g/mol. The van der Waals surface area contributed by atoms with Crippen LogP contribution in [0.3, 0.4) is 0 Å². The molecule has 39 heavy (non-hydrogen) atoms. The van der Waals surface area contributed by atoms with E-state index in [9.17, 15) is 9.90 Å². The number of amides is 1. The van der Waals surface area contributed by atoms with E-state index in [2.05, 4.69) is 11.9 Å². The van der Waals surface area contributed by atoms with Gasteiger partial charge in [0, 0.05) is 43.6 Å². The number of rotatable bonds is 11. The maximum atomic E-state index is 13.5. The fourth-order valence-electron chi connectivity index (χ4n) is 5.36. The molecule has 2 atom stereocenters. The van der Waals surface area contributed by atoms with E-state index in [0.717, 1.165) is 34.4 Å². The van der Waals surface area contributed by atoms with Gasteiger partial charge >= 0.3 is 0 Å². The van der Waals surface area contributed by atoms with Crippen LogP contribution in [0.25, 0.3) is 11.1 Å². The molecule has 208 valence electrons. The largest absolute Gasteiger partial charge is 0.385 e. The van der Waals surface area contributed by atoms with Gasteiger partial charge in [0.05, 0.1) is 24.4 Å². The minimum absolute atomic E-state index is 0.147. The Morgan fingerprint density at radius 1 is 1.21 bits per heavy atom. The quantitative estimate of drug-likeness (QED) is 0.327. The summed E-state index contributed by atoms with van der Waals surface area (Å²) in [6.45, 7) is 3.96. The van der Waals surface area contributed by atoms with Gasteiger partial charge in [-0.1, -0.05) is 54.9 Å². The number of hydrogen-bond donors (Lipinski definition) is 2. The standard InChI is InChI=1S/C31H38ClN3O4/c1-3-22-12-14-26(32)28(23-9-5-4-6-10-23)29(22)31(37,15-7-8-17-38-2)27-21-35(16-18-39-27)30(36)24-11-13-25(19-33)34-20-24/h4-6,9-14,20,27,37H,3,7-8,15-19,21,33H2,1-2H3. The van der Waals surface area contributed by atoms with Crippen molar-refractivity contribution in [3.05, 3.63) is 88.2 Å². The molecule has 0 spiro atoms. The number of ether oxygens (including phenoxy) is 2. The van der Waals surface area contributed by atoms with E-state index in [1.54, 1.807) is 30.3 Å². The number of nitrogens with zero attached hydrogens (tertiary/aromatic N) is 2. The monoisotopic (exact) mass is 551 g/mol. The highest BCUT2D eigenvalue weighted by Gasteiger charge is 2.45. The first kappa shape index (κ1) is 29.2. The van der Waals surface area contributed by atoms with Crippen molar-refractivity contribution in [3.8, 4) is 11.1 Å². The number of aromatic nitrogens is 1. The summed E-state index contributed by atoms with van der Waals surface area (Å²) in [6.07, 6.45) is 3.55. The molecule has 0 radical (unpaired) electrons. The third-order valence-corrected chi connectivity index (χ3v) is 7.76. The zero-order chi connectivity index (χ0) is 27.8. The second-order valence-electron chi connectivity index (χ2n) is 9.90. The molecule has 0 saturated carbocycles. The number of pyridine rings is 1. The summed E-state index contributed by atoms with van der Waals surface area (Å²) in [5.41, 5.74) is 8.99. The second-order valence-corrected chi connectivity index (χ2v) is 10.3. The Kier molecular flexibility index (Phi) is 10.1. The predicted molar refractivity (Wildman–Crippen MR) is 154 cm³/mol. The van der Waals surface area contributed by atoms with Gasteiger partial charge in [-0.05, 0) is 60.6 Å². The average Bonchev–Trinajstić information content (AvgIpc) is 2.99. The van der Waals surface area contributed by atoms with Crippen LogP contribution in [0.2, 0.25) is 5.02 Å². The molecule has 1 amide bonds. The van der Waals surface area contributed by atoms with Crippen LogP contribution >= 0.6 is 11.6 Å². The summed E-state index contributed by atoms with van der Waals surface area (Å²) in [5, 5.41) is 13.3. The first-order chi connectivity index (χ1) is 18.9. The van der Waals surface area contributed by atoms with Crippen LogP contribution in [-0.2, 0) is 28.0 Å². The number of benzene rings is 2. The predicted octanol–water partition coefficient (Wildman–Crippen LogP) is 4.97. The number of carbonyl (C=O) groups is 1. The van der Waals surface area contributed by atoms with Gasteiger partial charge in [0.25, 0.3) is 5.91 Å². The second kappa shape index (κ2) is 13.5. The summed E-state index contributed by atoms with van der Waals surface area (Å²) in [4.78, 5) is 19.5. The summed E-state index contributed by atoms with van der Waals surface area (Å²) < 4.78 is 11.6. The zero-order valence-electron chi connectivity index (χ0n) is 22.7. The molecule has 1 aliphatic heterocycles. The SMILES string of the molecule is CCc1ccc(Cl)c(-c2ccccc2)c1C(O)(CCCCOC)C1CN(C(=O)c2ccc(CN)nc2)CCO1. The van der Waals surface area contributed by atoms with Crippen molar-refractivity contribution in [1.29, 1.82) is 0 Å². The van der Waals surface area contributed by atoms with Crippen molar-refractivity contribution in [2.45, 2.75) is 50.9 Å². The smallest absolute Gasteiger partial charge is 0.255 e. The molecule has 3 aromatic rings. The first-order valence-electron chi connectivity index (χ1n) is 13.6. The number of halogens is 1. The average molecular weight is 552 g/mol. The van der Waals surface area contributed by atoms with Crippen LogP contribution in [-0.4, -0.2) is 60.4 Å². The highest BCUT2D eigenvalue weighted by Crippen LogP contribution is 2.45. The van der Waals surface area contributed by atoms with E-state index in [-0.39, 0.29) is 12.5 Å². The number of nitrogens with two attached hydrogens (primary N) is 1. The lowest BCUT2D eigenvalue weighted by Crippen LogP contribution is -2.55. The fraction of sp³-hybridized carbons (Fsp3) is 0.419. The van der Waals surface area contributed by atoms with Crippen molar-refractivity contribution in [2.24, 2.45) is 5.73 Å². The van der Waals surface area contributed by atoms with Crippen LogP contribution in [0, 0.1) is 0 Å². The normalized spacial score (nSPS) is 17.2. The molecule has 0 aliphatic carbocycles. The number of morpholine rings is 1. The number of hydrogen-bond acceptors (Lipinski definition) is 6. The lowest BCUT2D eigenvalue weighted by molar-refractivity contribution is -0.147. The number of aryl methyl sites for hydroxylation is 1. The van der Waals surface area contributed by atoms with Crippen molar-refractivity contribution in [2.75, 3.05) is 33.4 Å². The molecule has 7 nitrogen and oxygen atoms in total. The minimum atomic E-state index is -1.39. The topological polar surface area (TPSA) is 97.9 Å². The molecule has 1 saturated heterocycles. The van der Waals surface area contributed by atoms with Crippen molar-refractivity contribution in [3.63, 3.8) is 0 Å². The summed E-state index contributed by atoms with van der Waals surface area (Å²) in [5.74, 6) is -0.147. The lowest BCUT2D eigenvalue weighted by Gasteiger charge is -2.44.